The number of hydrogen-bond acceptors (Lipinski definition) is 6. The fourth-order valence-electron chi connectivity index (χ4n) is 3.45. The second kappa shape index (κ2) is 9.99. The molecule has 0 radical (unpaired) electrons. The van der Waals surface area contributed by atoms with Crippen LogP contribution in [0.5, 0.6) is 0 Å². The maximum absolute atomic E-state index is 13.0. The standard InChI is InChI=1S/C22H22FN3O6/c1-2-32-22(29)16-11-15(12-19(13-16)26(30)31)21(28)25-9-7-18(8-10-25)24-20(27)14-3-5-17(23)6-4-14/h3-6,11-13,18H,2,7-10H2,1H3,(H,24,27). The number of hydrogen-bond donors (Lipinski definition) is 1. The van der Waals surface area contributed by atoms with Gasteiger partial charge in [0.05, 0.1) is 17.1 Å². The molecule has 1 aliphatic heterocycles. The van der Waals surface area contributed by atoms with Crippen molar-refractivity contribution in [3.05, 3.63) is 75.1 Å². The van der Waals surface area contributed by atoms with Crippen molar-refractivity contribution in [3.63, 3.8) is 0 Å². The van der Waals surface area contributed by atoms with Crippen molar-refractivity contribution in [2.75, 3.05) is 19.7 Å². The molecule has 0 spiro atoms. The van der Waals surface area contributed by atoms with Crippen molar-refractivity contribution >= 4 is 23.5 Å². The van der Waals surface area contributed by atoms with E-state index in [2.05, 4.69) is 5.32 Å². The maximum atomic E-state index is 13.0. The van der Waals surface area contributed by atoms with Crippen LogP contribution in [0.1, 0.15) is 50.8 Å². The van der Waals surface area contributed by atoms with E-state index in [0.717, 1.165) is 12.1 Å². The van der Waals surface area contributed by atoms with E-state index in [1.54, 1.807) is 6.92 Å². The Kier molecular flexibility index (Phi) is 7.14. The van der Waals surface area contributed by atoms with E-state index in [4.69, 9.17) is 4.74 Å². The first kappa shape index (κ1) is 22.9. The van der Waals surface area contributed by atoms with Crippen molar-refractivity contribution in [2.45, 2.75) is 25.8 Å². The lowest BCUT2D eigenvalue weighted by Gasteiger charge is -2.32. The maximum Gasteiger partial charge on any atom is 0.338 e. The predicted octanol–water partition coefficient (Wildman–Crippen LogP) is 2.95. The molecule has 0 aliphatic carbocycles. The number of nitro groups is 1. The number of ether oxygens (including phenoxy) is 1. The van der Waals surface area contributed by atoms with Crippen molar-refractivity contribution in [1.82, 2.24) is 10.2 Å². The minimum Gasteiger partial charge on any atom is -0.462 e. The third kappa shape index (κ3) is 5.45. The van der Waals surface area contributed by atoms with Gasteiger partial charge in [0.25, 0.3) is 17.5 Å². The zero-order chi connectivity index (χ0) is 23.3. The molecule has 3 rings (SSSR count). The number of non-ortho nitro benzene ring substituents is 1. The van der Waals surface area contributed by atoms with Crippen LogP contribution in [0.25, 0.3) is 0 Å². The summed E-state index contributed by atoms with van der Waals surface area (Å²) in [5.41, 5.74) is -0.0738. The van der Waals surface area contributed by atoms with Gasteiger partial charge in [-0.1, -0.05) is 0 Å². The Balaban J connectivity index is 1.65. The summed E-state index contributed by atoms with van der Waals surface area (Å²) >= 11 is 0. The average molecular weight is 443 g/mol. The second-order valence-corrected chi connectivity index (χ2v) is 7.29. The smallest absolute Gasteiger partial charge is 0.338 e. The van der Waals surface area contributed by atoms with Crippen LogP contribution in [0.3, 0.4) is 0 Å². The molecule has 0 atom stereocenters. The van der Waals surface area contributed by atoms with E-state index in [1.807, 2.05) is 0 Å². The van der Waals surface area contributed by atoms with Gasteiger partial charge < -0.3 is 15.0 Å². The highest BCUT2D eigenvalue weighted by Crippen LogP contribution is 2.21. The first-order chi connectivity index (χ1) is 15.3. The van der Waals surface area contributed by atoms with Gasteiger partial charge in [0, 0.05) is 42.4 Å². The SMILES string of the molecule is CCOC(=O)c1cc(C(=O)N2CCC(NC(=O)c3ccc(F)cc3)CC2)cc([N+](=O)[O-])c1. The van der Waals surface area contributed by atoms with Crippen molar-refractivity contribution in [3.8, 4) is 0 Å². The van der Waals surface area contributed by atoms with E-state index in [-0.39, 0.29) is 35.4 Å². The number of carbonyl (C=O) groups excluding carboxylic acids is 3. The normalized spacial score (nSPS) is 14.0. The summed E-state index contributed by atoms with van der Waals surface area (Å²) in [4.78, 5) is 49.3. The largest absolute Gasteiger partial charge is 0.462 e. The summed E-state index contributed by atoms with van der Waals surface area (Å²) in [6, 6.07) is 8.53. The number of carbonyl (C=O) groups is 3. The van der Waals surface area contributed by atoms with Crippen LogP contribution in [-0.2, 0) is 4.74 Å². The monoisotopic (exact) mass is 443 g/mol. The topological polar surface area (TPSA) is 119 Å². The third-order valence-corrected chi connectivity index (χ3v) is 5.11. The minimum atomic E-state index is -0.743. The van der Waals surface area contributed by atoms with Crippen LogP contribution >= 0.6 is 0 Å². The molecule has 1 N–H and O–H groups in total. The third-order valence-electron chi connectivity index (χ3n) is 5.11. The first-order valence-corrected chi connectivity index (χ1v) is 10.1. The van der Waals surface area contributed by atoms with E-state index < -0.39 is 22.6 Å². The molecule has 2 amide bonds. The number of nitrogens with one attached hydrogen (secondary N) is 1. The lowest BCUT2D eigenvalue weighted by Crippen LogP contribution is -2.46. The molecule has 10 heteroatoms. The number of halogens is 1. The molecule has 0 saturated carbocycles. The summed E-state index contributed by atoms with van der Waals surface area (Å²) in [5, 5.41) is 14.1. The first-order valence-electron chi connectivity index (χ1n) is 10.1. The summed E-state index contributed by atoms with van der Waals surface area (Å²) in [5.74, 6) is -1.94. The number of benzene rings is 2. The predicted molar refractivity (Wildman–Crippen MR) is 112 cm³/mol. The van der Waals surface area contributed by atoms with Crippen LogP contribution in [0.4, 0.5) is 10.1 Å². The Hall–Kier alpha value is -3.82. The molecule has 0 bridgehead atoms. The van der Waals surface area contributed by atoms with Gasteiger partial charge in [-0.2, -0.15) is 0 Å². The number of nitrogens with zero attached hydrogens (tertiary/aromatic N) is 2. The van der Waals surface area contributed by atoms with E-state index >= 15 is 0 Å². The van der Waals surface area contributed by atoms with E-state index in [9.17, 15) is 28.9 Å². The fraction of sp³-hybridized carbons (Fsp3) is 0.318. The zero-order valence-electron chi connectivity index (χ0n) is 17.4. The summed E-state index contributed by atoms with van der Waals surface area (Å²) < 4.78 is 17.9. The average Bonchev–Trinajstić information content (AvgIpc) is 2.79. The molecule has 1 aliphatic rings. The molecule has 2 aromatic carbocycles. The fourth-order valence-corrected chi connectivity index (χ4v) is 3.45. The van der Waals surface area contributed by atoms with E-state index in [0.29, 0.717) is 31.5 Å². The van der Waals surface area contributed by atoms with Gasteiger partial charge in [-0.05, 0) is 50.1 Å². The quantitative estimate of drug-likeness (QED) is 0.417. The van der Waals surface area contributed by atoms with Crippen molar-refractivity contribution in [1.29, 1.82) is 0 Å². The van der Waals surface area contributed by atoms with Crippen molar-refractivity contribution < 1.29 is 28.4 Å². The molecule has 0 unspecified atom stereocenters. The summed E-state index contributed by atoms with van der Waals surface area (Å²) in [6.45, 7) is 2.36. The molecule has 1 saturated heterocycles. The van der Waals surface area contributed by atoms with Crippen LogP contribution in [0, 0.1) is 15.9 Å². The van der Waals surface area contributed by atoms with Gasteiger partial charge in [-0.15, -0.1) is 0 Å². The highest BCUT2D eigenvalue weighted by atomic mass is 19.1. The molecule has 0 aromatic heterocycles. The van der Waals surface area contributed by atoms with E-state index in [1.165, 1.54) is 35.2 Å². The van der Waals surface area contributed by atoms with Crippen LogP contribution in [-0.4, -0.2) is 53.3 Å². The summed E-state index contributed by atoms with van der Waals surface area (Å²) in [6.07, 6.45) is 0.969. The Bertz CT molecular complexity index is 1030. The number of nitro benzene ring substituents is 1. The molecule has 9 nitrogen and oxygen atoms in total. The highest BCUT2D eigenvalue weighted by Gasteiger charge is 2.27. The lowest BCUT2D eigenvalue weighted by molar-refractivity contribution is -0.384. The number of likely N-dealkylation sites (tertiary alicyclic amines) is 1. The van der Waals surface area contributed by atoms with Gasteiger partial charge >= 0.3 is 5.97 Å². The summed E-state index contributed by atoms with van der Waals surface area (Å²) in [7, 11) is 0. The second-order valence-electron chi connectivity index (χ2n) is 7.29. The van der Waals surface area contributed by atoms with Gasteiger partial charge in [-0.25, -0.2) is 9.18 Å². The Morgan fingerprint density at radius 1 is 1.09 bits per heavy atom. The van der Waals surface area contributed by atoms with Gasteiger partial charge in [0.2, 0.25) is 0 Å². The van der Waals surface area contributed by atoms with Crippen LogP contribution in [0.2, 0.25) is 0 Å². The molecule has 2 aromatic rings. The van der Waals surface area contributed by atoms with Gasteiger partial charge in [-0.3, -0.25) is 19.7 Å². The molecular weight excluding hydrogens is 421 g/mol. The molecule has 168 valence electrons. The number of piperidine rings is 1. The van der Waals surface area contributed by atoms with Crippen LogP contribution in [0.15, 0.2) is 42.5 Å². The van der Waals surface area contributed by atoms with Crippen LogP contribution < -0.4 is 5.32 Å². The van der Waals surface area contributed by atoms with Crippen molar-refractivity contribution in [2.24, 2.45) is 0 Å². The minimum absolute atomic E-state index is 0.0241. The highest BCUT2D eigenvalue weighted by molar-refractivity contribution is 5.99. The number of rotatable bonds is 6. The van der Waals surface area contributed by atoms with Gasteiger partial charge in [0.1, 0.15) is 5.82 Å². The molecular formula is C22H22FN3O6. The number of amides is 2. The Morgan fingerprint density at radius 2 is 1.72 bits per heavy atom. The molecule has 1 fully saturated rings. The Labute approximate surface area is 183 Å². The van der Waals surface area contributed by atoms with Gasteiger partial charge in [0.15, 0.2) is 0 Å². The Morgan fingerprint density at radius 3 is 2.31 bits per heavy atom. The lowest BCUT2D eigenvalue weighted by atomic mass is 10.0. The zero-order valence-corrected chi connectivity index (χ0v) is 17.4. The number of esters is 1. The molecule has 1 heterocycles. The molecule has 32 heavy (non-hydrogen) atoms.